The Hall–Kier alpha value is -2.58. The summed E-state index contributed by atoms with van der Waals surface area (Å²) >= 11 is 1.87. The highest BCUT2D eigenvalue weighted by Gasteiger charge is 2.16. The van der Waals surface area contributed by atoms with Gasteiger partial charge in [-0.2, -0.15) is 0 Å². The monoisotopic (exact) mass is 327 g/mol. The zero-order valence-corrected chi connectivity index (χ0v) is 14.0. The number of hydrogen-bond donors (Lipinski definition) is 0. The van der Waals surface area contributed by atoms with Crippen molar-refractivity contribution in [3.8, 4) is 0 Å². The fourth-order valence-electron chi connectivity index (χ4n) is 2.86. The van der Waals surface area contributed by atoms with Crippen molar-refractivity contribution in [2.75, 3.05) is 0 Å². The number of thioether (sulfide) groups is 1. The summed E-state index contributed by atoms with van der Waals surface area (Å²) in [7, 11) is 0. The molecule has 0 N–H and O–H groups in total. The van der Waals surface area contributed by atoms with E-state index in [4.69, 9.17) is 0 Å². The summed E-state index contributed by atoms with van der Waals surface area (Å²) in [5.41, 5.74) is 2.52. The lowest BCUT2D eigenvalue weighted by molar-refractivity contribution is 1.11. The molecule has 1 aromatic heterocycles. The van der Waals surface area contributed by atoms with Crippen LogP contribution in [0.4, 0.5) is 0 Å². The van der Waals surface area contributed by atoms with Gasteiger partial charge in [-0.1, -0.05) is 66.7 Å². The predicted octanol–water partition coefficient (Wildman–Crippen LogP) is 6.12. The van der Waals surface area contributed by atoms with Crippen molar-refractivity contribution in [3.63, 3.8) is 0 Å². The third kappa shape index (κ3) is 3.19. The SMILES string of the molecule is c1ccc(C(Sc2ccc3ccccc3c2)c2cccnc2)cc1. The molecule has 1 nitrogen and oxygen atoms in total. The molecule has 1 atom stereocenters. The van der Waals surface area contributed by atoms with E-state index < -0.39 is 0 Å². The molecule has 0 bridgehead atoms. The van der Waals surface area contributed by atoms with Gasteiger partial charge in [-0.25, -0.2) is 0 Å². The molecule has 4 rings (SSSR count). The smallest absolute Gasteiger partial charge is 0.0609 e. The summed E-state index contributed by atoms with van der Waals surface area (Å²) in [6, 6.07) is 29.9. The predicted molar refractivity (Wildman–Crippen MR) is 102 cm³/mol. The normalized spacial score (nSPS) is 12.2. The molecule has 0 aliphatic heterocycles. The lowest BCUT2D eigenvalue weighted by Gasteiger charge is -2.17. The molecular weight excluding hydrogens is 310 g/mol. The van der Waals surface area contributed by atoms with Gasteiger partial charge in [-0.3, -0.25) is 4.98 Å². The zero-order chi connectivity index (χ0) is 16.2. The fraction of sp³-hybridized carbons (Fsp3) is 0.0455. The summed E-state index contributed by atoms with van der Waals surface area (Å²) < 4.78 is 0. The van der Waals surface area contributed by atoms with E-state index in [2.05, 4.69) is 83.8 Å². The molecular formula is C22H17NS. The van der Waals surface area contributed by atoms with Gasteiger partial charge in [0.2, 0.25) is 0 Å². The molecule has 1 heterocycles. The topological polar surface area (TPSA) is 12.9 Å². The lowest BCUT2D eigenvalue weighted by atomic mass is 10.1. The standard InChI is InChI=1S/C22H17NS/c1-2-8-18(9-3-1)22(20-11-6-14-23-16-20)24-21-13-12-17-7-4-5-10-19(17)15-21/h1-16,22H. The van der Waals surface area contributed by atoms with Crippen LogP contribution >= 0.6 is 11.8 Å². The van der Waals surface area contributed by atoms with Crippen LogP contribution in [0.15, 0.2) is 102 Å². The lowest BCUT2D eigenvalue weighted by Crippen LogP contribution is -1.97. The first-order valence-electron chi connectivity index (χ1n) is 8.00. The maximum Gasteiger partial charge on any atom is 0.0609 e. The van der Waals surface area contributed by atoms with Crippen molar-refractivity contribution in [2.24, 2.45) is 0 Å². The Bertz CT molecular complexity index is 896. The van der Waals surface area contributed by atoms with E-state index in [1.54, 1.807) is 0 Å². The number of fused-ring (bicyclic) bond motifs is 1. The Morgan fingerprint density at radius 2 is 1.42 bits per heavy atom. The van der Waals surface area contributed by atoms with E-state index in [-0.39, 0.29) is 5.25 Å². The highest BCUT2D eigenvalue weighted by molar-refractivity contribution is 7.99. The molecule has 3 aromatic carbocycles. The highest BCUT2D eigenvalue weighted by Crippen LogP contribution is 2.40. The minimum atomic E-state index is 0.237. The van der Waals surface area contributed by atoms with E-state index in [9.17, 15) is 0 Å². The maximum atomic E-state index is 4.31. The molecule has 0 saturated carbocycles. The molecule has 0 aliphatic rings. The van der Waals surface area contributed by atoms with Crippen LogP contribution in [0.25, 0.3) is 10.8 Å². The van der Waals surface area contributed by atoms with Crippen LogP contribution in [0.5, 0.6) is 0 Å². The molecule has 0 aliphatic carbocycles. The van der Waals surface area contributed by atoms with Gasteiger partial charge in [0.25, 0.3) is 0 Å². The average molecular weight is 327 g/mol. The maximum absolute atomic E-state index is 4.31. The van der Waals surface area contributed by atoms with Crippen molar-refractivity contribution >= 4 is 22.5 Å². The first-order valence-corrected chi connectivity index (χ1v) is 8.88. The molecule has 4 aromatic rings. The Morgan fingerprint density at radius 1 is 0.667 bits per heavy atom. The van der Waals surface area contributed by atoms with Crippen LogP contribution in [0, 0.1) is 0 Å². The van der Waals surface area contributed by atoms with Crippen LogP contribution in [0.2, 0.25) is 0 Å². The minimum Gasteiger partial charge on any atom is -0.264 e. The van der Waals surface area contributed by atoms with Crippen molar-refractivity contribution in [1.82, 2.24) is 4.98 Å². The molecule has 116 valence electrons. The summed E-state index contributed by atoms with van der Waals surface area (Å²) in [6.45, 7) is 0. The Balaban J connectivity index is 1.73. The largest absolute Gasteiger partial charge is 0.264 e. The quantitative estimate of drug-likeness (QED) is 0.419. The molecule has 0 spiro atoms. The van der Waals surface area contributed by atoms with E-state index in [1.165, 1.54) is 26.8 Å². The molecule has 24 heavy (non-hydrogen) atoms. The zero-order valence-electron chi connectivity index (χ0n) is 13.2. The molecule has 0 radical (unpaired) electrons. The number of benzene rings is 3. The first-order chi connectivity index (χ1) is 11.9. The van der Waals surface area contributed by atoms with Crippen LogP contribution in [0.3, 0.4) is 0 Å². The Labute approximate surface area is 146 Å². The summed E-state index contributed by atoms with van der Waals surface area (Å²) in [5, 5.41) is 2.79. The van der Waals surface area contributed by atoms with Gasteiger partial charge in [0.1, 0.15) is 0 Å². The summed E-state index contributed by atoms with van der Waals surface area (Å²) in [6.07, 6.45) is 3.79. The molecule has 2 heteroatoms. The van der Waals surface area contributed by atoms with E-state index in [0.717, 1.165) is 0 Å². The van der Waals surface area contributed by atoms with Crippen molar-refractivity contribution in [2.45, 2.75) is 10.1 Å². The van der Waals surface area contributed by atoms with Crippen LogP contribution in [0.1, 0.15) is 16.4 Å². The van der Waals surface area contributed by atoms with Crippen LogP contribution in [-0.4, -0.2) is 4.98 Å². The molecule has 0 amide bonds. The second-order valence-corrected chi connectivity index (χ2v) is 6.88. The third-order valence-corrected chi connectivity index (χ3v) is 5.37. The average Bonchev–Trinajstić information content (AvgIpc) is 2.67. The molecule has 1 unspecified atom stereocenters. The van der Waals surface area contributed by atoms with Crippen molar-refractivity contribution in [1.29, 1.82) is 0 Å². The summed E-state index contributed by atoms with van der Waals surface area (Å²) in [5.74, 6) is 0. The number of aromatic nitrogens is 1. The van der Waals surface area contributed by atoms with E-state index in [0.29, 0.717) is 0 Å². The highest BCUT2D eigenvalue weighted by atomic mass is 32.2. The van der Waals surface area contributed by atoms with Gasteiger partial charge in [0, 0.05) is 17.3 Å². The third-order valence-electron chi connectivity index (χ3n) is 4.06. The molecule has 0 saturated heterocycles. The molecule has 0 fully saturated rings. The second-order valence-electron chi connectivity index (χ2n) is 5.70. The summed E-state index contributed by atoms with van der Waals surface area (Å²) in [4.78, 5) is 5.58. The number of nitrogens with zero attached hydrogens (tertiary/aromatic N) is 1. The second kappa shape index (κ2) is 6.90. The van der Waals surface area contributed by atoms with E-state index >= 15 is 0 Å². The van der Waals surface area contributed by atoms with Crippen LogP contribution < -0.4 is 0 Å². The first kappa shape index (κ1) is 15.0. The van der Waals surface area contributed by atoms with Gasteiger partial charge in [-0.05, 0) is 40.1 Å². The minimum absolute atomic E-state index is 0.237. The van der Waals surface area contributed by atoms with Crippen LogP contribution in [-0.2, 0) is 0 Å². The van der Waals surface area contributed by atoms with Gasteiger partial charge in [0.05, 0.1) is 5.25 Å². The number of rotatable bonds is 4. The number of hydrogen-bond acceptors (Lipinski definition) is 2. The van der Waals surface area contributed by atoms with E-state index in [1.807, 2.05) is 30.2 Å². The number of pyridine rings is 1. The fourth-order valence-corrected chi connectivity index (χ4v) is 4.05. The Kier molecular flexibility index (Phi) is 4.30. The Morgan fingerprint density at radius 3 is 2.21 bits per heavy atom. The van der Waals surface area contributed by atoms with Gasteiger partial charge >= 0.3 is 0 Å². The van der Waals surface area contributed by atoms with Gasteiger partial charge in [-0.15, -0.1) is 11.8 Å². The van der Waals surface area contributed by atoms with Gasteiger partial charge in [0.15, 0.2) is 0 Å². The van der Waals surface area contributed by atoms with Crippen molar-refractivity contribution in [3.05, 3.63) is 108 Å². The van der Waals surface area contributed by atoms with Crippen molar-refractivity contribution < 1.29 is 0 Å². The van der Waals surface area contributed by atoms with Gasteiger partial charge < -0.3 is 0 Å².